The topological polar surface area (TPSA) is 230 Å². The Labute approximate surface area is 431 Å². The number of carbonyl (C=O) groups excluding carboxylic acids is 1. The van der Waals surface area contributed by atoms with Crippen molar-refractivity contribution in [2.75, 3.05) is 49.5 Å². The highest BCUT2D eigenvalue weighted by Crippen LogP contribution is 2.54. The van der Waals surface area contributed by atoms with E-state index in [1.807, 2.05) is 12.1 Å². The number of rotatable bonds is 13. The molecule has 2 atom stereocenters. The molecule has 3 aliphatic heterocycles. The number of amides is 1. The second-order valence-corrected chi connectivity index (χ2v) is 26.1. The molecule has 5 heterocycles. The van der Waals surface area contributed by atoms with Gasteiger partial charge in [-0.2, -0.15) is 4.31 Å². The lowest BCUT2D eigenvalue weighted by Crippen LogP contribution is -2.61. The highest BCUT2D eigenvalue weighted by atomic mass is 32.2. The number of nitrogens with zero attached hydrogens (tertiary/aromatic N) is 5. The fourth-order valence-corrected chi connectivity index (χ4v) is 14.3. The van der Waals surface area contributed by atoms with Gasteiger partial charge in [-0.1, -0.05) is 38.1 Å². The van der Waals surface area contributed by atoms with E-state index in [4.69, 9.17) is 9.47 Å². The molecule has 1 amide bonds. The van der Waals surface area contributed by atoms with Crippen LogP contribution in [-0.4, -0.2) is 114 Å². The minimum Gasteiger partial charge on any atom is -0.489 e. The molecular weight excluding hydrogens is 992 g/mol. The van der Waals surface area contributed by atoms with Crippen molar-refractivity contribution in [3.05, 3.63) is 106 Å². The molecule has 5 aromatic rings. The number of carbonyl (C=O) groups is 1. The normalized spacial score (nSPS) is 23.8. The van der Waals surface area contributed by atoms with Crippen molar-refractivity contribution < 1.29 is 45.5 Å². The van der Waals surface area contributed by atoms with Crippen molar-refractivity contribution in [3.63, 3.8) is 0 Å². The third kappa shape index (κ3) is 10.0. The van der Waals surface area contributed by atoms with Gasteiger partial charge in [-0.25, -0.2) is 30.9 Å². The number of aromatic amines is 1. The summed E-state index contributed by atoms with van der Waals surface area (Å²) in [6, 6.07) is 16.6. The minimum atomic E-state index is -4.76. The fraction of sp³-hybridized carbons (Fsp3) is 0.509. The van der Waals surface area contributed by atoms with E-state index in [9.17, 15) is 41.2 Å². The maximum absolute atomic E-state index is 14.7. The predicted molar refractivity (Wildman–Crippen MR) is 278 cm³/mol. The molecule has 0 radical (unpaired) electrons. The molecule has 396 valence electrons. The molecule has 10 rings (SSSR count). The highest BCUT2D eigenvalue weighted by molar-refractivity contribution is 7.90. The van der Waals surface area contributed by atoms with Crippen LogP contribution in [0.25, 0.3) is 11.0 Å². The first-order valence-corrected chi connectivity index (χ1v) is 28.6. The number of aromatic nitrogens is 2. The molecule has 1 spiro atoms. The lowest BCUT2D eigenvalue weighted by Gasteiger charge is -2.58. The van der Waals surface area contributed by atoms with Crippen molar-refractivity contribution in [1.82, 2.24) is 23.9 Å². The second kappa shape index (κ2) is 19.7. The van der Waals surface area contributed by atoms with Crippen molar-refractivity contribution in [2.45, 2.75) is 126 Å². The summed E-state index contributed by atoms with van der Waals surface area (Å²) < 4.78 is 85.8. The number of halogens is 1. The number of piperazine rings is 1. The van der Waals surface area contributed by atoms with Gasteiger partial charge in [0.1, 0.15) is 29.6 Å². The quantitative estimate of drug-likeness (QED) is 0.0640. The van der Waals surface area contributed by atoms with Crippen molar-refractivity contribution in [1.29, 1.82) is 0 Å². The maximum Gasteiger partial charge on any atom is 0.297 e. The number of nitro groups is 1. The molecule has 18 nitrogen and oxygen atoms in total. The molecule has 2 saturated heterocycles. The average Bonchev–Trinajstić information content (AvgIpc) is 3.74. The molecule has 2 saturated carbocycles. The number of hydrogen-bond donors (Lipinski definition) is 4. The van der Waals surface area contributed by atoms with Gasteiger partial charge in [-0.05, 0) is 119 Å². The van der Waals surface area contributed by atoms with E-state index in [-0.39, 0.29) is 81.5 Å². The Bertz CT molecular complexity index is 3200. The minimum absolute atomic E-state index is 0.0261. The summed E-state index contributed by atoms with van der Waals surface area (Å²) in [4.78, 5) is 37.1. The monoisotopic (exact) mass is 1060 g/mol. The highest BCUT2D eigenvalue weighted by Gasteiger charge is 2.51. The van der Waals surface area contributed by atoms with E-state index >= 15 is 0 Å². The van der Waals surface area contributed by atoms with Crippen LogP contribution in [0.4, 0.5) is 21.5 Å². The number of aliphatic hydroxyl groups is 1. The van der Waals surface area contributed by atoms with Crippen molar-refractivity contribution in [3.8, 4) is 17.2 Å². The molecule has 74 heavy (non-hydrogen) atoms. The number of fused-ring (bicyclic) bond motifs is 2. The number of pyridine rings is 1. The first kappa shape index (κ1) is 51.6. The number of nitrogens with one attached hydrogen (secondary N) is 3. The van der Waals surface area contributed by atoms with Crippen LogP contribution in [-0.2, 0) is 20.0 Å². The van der Waals surface area contributed by atoms with Crippen LogP contribution in [0.2, 0.25) is 0 Å². The number of H-pyrrole nitrogens is 1. The lowest BCUT2D eigenvalue weighted by atomic mass is 9.59. The van der Waals surface area contributed by atoms with E-state index in [2.05, 4.69) is 55.8 Å². The summed E-state index contributed by atoms with van der Waals surface area (Å²) in [7, 11) is -8.21. The Morgan fingerprint density at radius 3 is 2.42 bits per heavy atom. The van der Waals surface area contributed by atoms with Crippen LogP contribution < -0.4 is 24.4 Å². The van der Waals surface area contributed by atoms with Gasteiger partial charge in [-0.3, -0.25) is 19.8 Å². The Morgan fingerprint density at radius 2 is 1.72 bits per heavy atom. The first-order chi connectivity index (χ1) is 35.1. The summed E-state index contributed by atoms with van der Waals surface area (Å²) in [5.74, 6) is -1.28. The zero-order chi connectivity index (χ0) is 52.5. The van der Waals surface area contributed by atoms with E-state index in [0.29, 0.717) is 64.1 Å². The van der Waals surface area contributed by atoms with E-state index in [0.717, 1.165) is 44.0 Å². The average molecular weight is 1060 g/mol. The predicted octanol–water partition coefficient (Wildman–Crippen LogP) is 8.60. The van der Waals surface area contributed by atoms with Crippen LogP contribution in [0.1, 0.15) is 119 Å². The molecule has 2 aliphatic carbocycles. The van der Waals surface area contributed by atoms with Crippen molar-refractivity contribution >= 4 is 54.0 Å². The summed E-state index contributed by atoms with van der Waals surface area (Å²) in [6.07, 6.45) is 8.77. The number of nitro benzene ring substituents is 1. The van der Waals surface area contributed by atoms with E-state index < -0.39 is 58.1 Å². The van der Waals surface area contributed by atoms with Gasteiger partial charge < -0.3 is 29.8 Å². The van der Waals surface area contributed by atoms with Gasteiger partial charge >= 0.3 is 0 Å². The van der Waals surface area contributed by atoms with Crippen LogP contribution >= 0.6 is 0 Å². The van der Waals surface area contributed by atoms with Crippen LogP contribution in [0.5, 0.6) is 17.2 Å². The summed E-state index contributed by atoms with van der Waals surface area (Å²) in [5.41, 5.74) is 2.05. The maximum atomic E-state index is 14.7. The van der Waals surface area contributed by atoms with Gasteiger partial charge in [0, 0.05) is 74.9 Å². The van der Waals surface area contributed by atoms with Crippen LogP contribution in [0.3, 0.4) is 0 Å². The van der Waals surface area contributed by atoms with Gasteiger partial charge in [0.25, 0.3) is 21.6 Å². The molecule has 0 unspecified atom stereocenters. The fourth-order valence-electron chi connectivity index (χ4n) is 12.0. The third-order valence-electron chi connectivity index (χ3n) is 16.4. The Hall–Kier alpha value is -5.87. The molecule has 3 aromatic carbocycles. The van der Waals surface area contributed by atoms with Gasteiger partial charge in [0.15, 0.2) is 11.4 Å². The summed E-state index contributed by atoms with van der Waals surface area (Å²) in [6.45, 7) is 12.6. The zero-order valence-electron chi connectivity index (χ0n) is 42.3. The Balaban J connectivity index is 0.865. The Kier molecular flexibility index (Phi) is 13.7. The van der Waals surface area contributed by atoms with Crippen LogP contribution in [0, 0.1) is 27.3 Å². The molecule has 5 aliphatic rings. The molecule has 0 bridgehead atoms. The van der Waals surface area contributed by atoms with Crippen molar-refractivity contribution in [2.24, 2.45) is 11.3 Å². The molecule has 2 aromatic heterocycles. The van der Waals surface area contributed by atoms with E-state index in [1.54, 1.807) is 37.2 Å². The first-order valence-electron chi connectivity index (χ1n) is 25.6. The SMILES string of the molecule is CC(C)c1ccccc1[C@@H]1CN(S(=O)(=O)C(C)C)CCN1C1CC2(CCN(c3ccc(C(=O)NS(=O)(=O)c4cc5c(c([N+](=O)[O-])c4)N[C@@H]([C@H]4CC[C@](C)(O)CC4)CO5)c(Oc4cnc5[nH]cc(F)c5c4)c3)CC2)C1. The number of hydrogen-bond acceptors (Lipinski definition) is 14. The molecular formula is C53H65FN8O10S2. The number of anilines is 2. The third-order valence-corrected chi connectivity index (χ3v) is 20.0. The molecule has 21 heteroatoms. The smallest absolute Gasteiger partial charge is 0.297 e. The van der Waals surface area contributed by atoms with Gasteiger partial charge in [-0.15, -0.1) is 0 Å². The summed E-state index contributed by atoms with van der Waals surface area (Å²) in [5, 5.41) is 25.7. The van der Waals surface area contributed by atoms with Gasteiger partial charge in [0.05, 0.1) is 43.9 Å². The Morgan fingerprint density at radius 1 is 0.986 bits per heavy atom. The number of sulfonamides is 2. The number of ether oxygens (including phenoxy) is 2. The van der Waals surface area contributed by atoms with E-state index in [1.165, 1.54) is 29.5 Å². The lowest BCUT2D eigenvalue weighted by molar-refractivity contribution is -0.384. The largest absolute Gasteiger partial charge is 0.489 e. The van der Waals surface area contributed by atoms with Gasteiger partial charge in [0.2, 0.25) is 10.0 Å². The van der Waals surface area contributed by atoms with Crippen LogP contribution in [0.15, 0.2) is 78.0 Å². The molecule has 4 fully saturated rings. The number of benzene rings is 3. The standard InChI is InChI=1S/C53H65FN8O10S2/c1-32(2)39-8-6-7-9-40(39)46-30-60(74(69,70)33(3)4)20-21-61(46)36-26-53(27-36)16-18-59(19-17-53)35-10-11-41(47(22-35)72-37-23-42-43(54)29-56-50(42)55-28-37)51(63)58-73(67,68)38-24-45(62(65)66)49-48(25-38)71-31-44(57-49)34-12-14-52(5,64)15-13-34/h6-11,22-25,28-29,32-34,36,44,46,57,64H,12-21,26-27,30-31H2,1-5H3,(H,55,56)(H,58,63)/t34-,44-,46+,52-/m1/s1. The zero-order valence-corrected chi connectivity index (χ0v) is 44.0. The second-order valence-electron chi connectivity index (χ2n) is 21.9. The number of piperidine rings is 1. The summed E-state index contributed by atoms with van der Waals surface area (Å²) >= 11 is 0. The molecule has 4 N–H and O–H groups in total.